The number of hydrogen-bond acceptors (Lipinski definition) is 4. The predicted molar refractivity (Wildman–Crippen MR) is 85.2 cm³/mol. The third kappa shape index (κ3) is 3.93. The first-order valence-corrected chi connectivity index (χ1v) is 7.01. The molecule has 2 heterocycles. The lowest BCUT2D eigenvalue weighted by Gasteiger charge is -2.07. The van der Waals surface area contributed by atoms with E-state index in [1.807, 2.05) is 0 Å². The number of carbonyl (C=O) groups excluding carboxylic acids is 2. The van der Waals surface area contributed by atoms with Crippen molar-refractivity contribution in [2.45, 2.75) is 13.8 Å². The Balaban J connectivity index is 2.04. The summed E-state index contributed by atoms with van der Waals surface area (Å²) in [4.78, 5) is 31.7. The minimum absolute atomic E-state index is 0.238. The maximum Gasteiger partial charge on any atom is 0.315 e. The van der Waals surface area contributed by atoms with E-state index in [1.165, 1.54) is 12.1 Å². The Bertz CT molecular complexity index is 686. The molecule has 0 radical (unpaired) electrons. The van der Waals surface area contributed by atoms with Crippen molar-refractivity contribution in [1.29, 1.82) is 0 Å². The van der Waals surface area contributed by atoms with Gasteiger partial charge >= 0.3 is 11.8 Å². The fourth-order valence-electron chi connectivity index (χ4n) is 1.57. The van der Waals surface area contributed by atoms with Gasteiger partial charge in [-0.3, -0.25) is 9.59 Å². The van der Waals surface area contributed by atoms with Gasteiger partial charge in [0.05, 0.1) is 21.4 Å². The molecule has 0 fully saturated rings. The summed E-state index contributed by atoms with van der Waals surface area (Å²) in [7, 11) is 0. The number of pyridine rings is 2. The molecule has 0 aliphatic carbocycles. The SMILES string of the molecule is Cc1nc(NC(=O)C(=O)Nc2ccc(Cl)c(C)n2)ccc1Cl. The van der Waals surface area contributed by atoms with E-state index in [2.05, 4.69) is 20.6 Å². The van der Waals surface area contributed by atoms with E-state index < -0.39 is 11.8 Å². The van der Waals surface area contributed by atoms with Crippen molar-refractivity contribution in [3.05, 3.63) is 45.7 Å². The molecule has 22 heavy (non-hydrogen) atoms. The molecule has 0 saturated heterocycles. The van der Waals surface area contributed by atoms with Crippen molar-refractivity contribution in [1.82, 2.24) is 9.97 Å². The first kappa shape index (κ1) is 16.2. The van der Waals surface area contributed by atoms with Gasteiger partial charge in [-0.1, -0.05) is 23.2 Å². The Morgan fingerprint density at radius 1 is 0.818 bits per heavy atom. The minimum Gasteiger partial charge on any atom is -0.302 e. The Morgan fingerprint density at radius 2 is 1.18 bits per heavy atom. The lowest BCUT2D eigenvalue weighted by molar-refractivity contribution is -0.133. The second kappa shape index (κ2) is 6.72. The molecule has 8 heteroatoms. The fourth-order valence-corrected chi connectivity index (χ4v) is 1.78. The highest BCUT2D eigenvalue weighted by atomic mass is 35.5. The van der Waals surface area contributed by atoms with Crippen LogP contribution < -0.4 is 10.6 Å². The number of nitrogens with one attached hydrogen (secondary N) is 2. The van der Waals surface area contributed by atoms with Crippen molar-refractivity contribution in [3.63, 3.8) is 0 Å². The van der Waals surface area contributed by atoms with E-state index in [0.29, 0.717) is 21.4 Å². The molecule has 0 aromatic carbocycles. The van der Waals surface area contributed by atoms with Crippen LogP contribution in [0, 0.1) is 13.8 Å². The summed E-state index contributed by atoms with van der Waals surface area (Å²) in [5.41, 5.74) is 1.10. The first-order valence-electron chi connectivity index (χ1n) is 6.25. The quantitative estimate of drug-likeness (QED) is 0.824. The highest BCUT2D eigenvalue weighted by molar-refractivity contribution is 6.43. The lowest BCUT2D eigenvalue weighted by Crippen LogP contribution is -2.29. The molecule has 0 atom stereocenters. The Morgan fingerprint density at radius 3 is 1.50 bits per heavy atom. The molecule has 0 bridgehead atoms. The summed E-state index contributed by atoms with van der Waals surface area (Å²) >= 11 is 11.7. The normalized spacial score (nSPS) is 10.2. The number of anilines is 2. The molecule has 0 aliphatic rings. The van der Waals surface area contributed by atoms with Gasteiger partial charge in [0.2, 0.25) is 0 Å². The van der Waals surface area contributed by atoms with Gasteiger partial charge in [0, 0.05) is 0 Å². The van der Waals surface area contributed by atoms with Crippen LogP contribution in [0.1, 0.15) is 11.4 Å². The molecule has 0 unspecified atom stereocenters. The van der Waals surface area contributed by atoms with E-state index in [0.717, 1.165) is 0 Å². The van der Waals surface area contributed by atoms with Crippen LogP contribution in [0.4, 0.5) is 11.6 Å². The molecule has 2 amide bonds. The highest BCUT2D eigenvalue weighted by Crippen LogP contribution is 2.16. The van der Waals surface area contributed by atoms with Gasteiger partial charge in [-0.2, -0.15) is 0 Å². The molecule has 0 spiro atoms. The van der Waals surface area contributed by atoms with E-state index in [-0.39, 0.29) is 11.6 Å². The highest BCUT2D eigenvalue weighted by Gasteiger charge is 2.16. The molecule has 0 aliphatic heterocycles. The van der Waals surface area contributed by atoms with Gasteiger partial charge in [0.25, 0.3) is 0 Å². The third-order valence-corrected chi connectivity index (χ3v) is 3.53. The summed E-state index contributed by atoms with van der Waals surface area (Å²) in [5, 5.41) is 5.71. The molecule has 2 rings (SSSR count). The molecule has 0 saturated carbocycles. The number of rotatable bonds is 2. The van der Waals surface area contributed by atoms with E-state index in [9.17, 15) is 9.59 Å². The van der Waals surface area contributed by atoms with Crippen molar-refractivity contribution >= 4 is 46.7 Å². The van der Waals surface area contributed by atoms with Crippen molar-refractivity contribution in [2.75, 3.05) is 10.6 Å². The average Bonchev–Trinajstić information content (AvgIpc) is 2.46. The predicted octanol–water partition coefficient (Wildman–Crippen LogP) is 2.98. The van der Waals surface area contributed by atoms with E-state index >= 15 is 0 Å². The maximum atomic E-state index is 11.8. The number of aryl methyl sites for hydroxylation is 2. The van der Waals surface area contributed by atoms with Gasteiger partial charge < -0.3 is 10.6 Å². The smallest absolute Gasteiger partial charge is 0.302 e. The molecular formula is C14H12Cl2N4O2. The summed E-state index contributed by atoms with van der Waals surface area (Å²) in [5.74, 6) is -1.24. The van der Waals surface area contributed by atoms with Crippen molar-refractivity contribution in [2.24, 2.45) is 0 Å². The second-order valence-corrected chi connectivity index (χ2v) is 5.25. The van der Waals surface area contributed by atoms with Crippen LogP contribution in [0.25, 0.3) is 0 Å². The number of halogens is 2. The van der Waals surface area contributed by atoms with Crippen LogP contribution in [0.2, 0.25) is 10.0 Å². The van der Waals surface area contributed by atoms with Crippen LogP contribution in [0.3, 0.4) is 0 Å². The minimum atomic E-state index is -0.858. The maximum absolute atomic E-state index is 11.8. The van der Waals surface area contributed by atoms with Crippen LogP contribution >= 0.6 is 23.2 Å². The third-order valence-electron chi connectivity index (χ3n) is 2.73. The van der Waals surface area contributed by atoms with Gasteiger partial charge in [0.15, 0.2) is 0 Å². The van der Waals surface area contributed by atoms with Crippen molar-refractivity contribution < 1.29 is 9.59 Å². The number of aromatic nitrogens is 2. The van der Waals surface area contributed by atoms with E-state index in [1.54, 1.807) is 26.0 Å². The van der Waals surface area contributed by atoms with Gasteiger partial charge in [-0.15, -0.1) is 0 Å². The monoisotopic (exact) mass is 338 g/mol. The molecule has 114 valence electrons. The molecule has 2 aromatic heterocycles. The Hall–Kier alpha value is -2.18. The molecule has 2 aromatic rings. The summed E-state index contributed by atoms with van der Waals surface area (Å²) < 4.78 is 0. The van der Waals surface area contributed by atoms with Gasteiger partial charge in [0.1, 0.15) is 11.6 Å². The standard InChI is InChI=1S/C14H12Cl2N4O2/c1-7-9(15)3-5-11(17-7)19-13(21)14(22)20-12-6-4-10(16)8(2)18-12/h3-6H,1-2H3,(H,17,19,21)(H,18,20,22). The number of hydrogen-bond donors (Lipinski definition) is 2. The van der Waals surface area contributed by atoms with Gasteiger partial charge in [-0.25, -0.2) is 9.97 Å². The molecule has 6 nitrogen and oxygen atoms in total. The Kier molecular flexibility index (Phi) is 4.95. The van der Waals surface area contributed by atoms with Crippen LogP contribution in [0.15, 0.2) is 24.3 Å². The second-order valence-electron chi connectivity index (χ2n) is 4.44. The topological polar surface area (TPSA) is 84.0 Å². The van der Waals surface area contributed by atoms with Gasteiger partial charge in [-0.05, 0) is 38.1 Å². The van der Waals surface area contributed by atoms with Crippen LogP contribution in [-0.4, -0.2) is 21.8 Å². The number of carbonyl (C=O) groups is 2. The number of amides is 2. The summed E-state index contributed by atoms with van der Waals surface area (Å²) in [6.07, 6.45) is 0. The van der Waals surface area contributed by atoms with Crippen molar-refractivity contribution in [3.8, 4) is 0 Å². The number of nitrogens with zero attached hydrogens (tertiary/aromatic N) is 2. The summed E-state index contributed by atoms with van der Waals surface area (Å²) in [6.45, 7) is 3.39. The van der Waals surface area contributed by atoms with E-state index in [4.69, 9.17) is 23.2 Å². The zero-order valence-corrected chi connectivity index (χ0v) is 13.3. The molecule has 2 N–H and O–H groups in total. The first-order chi connectivity index (χ1) is 10.4. The zero-order valence-electron chi connectivity index (χ0n) is 11.8. The summed E-state index contributed by atoms with van der Waals surface area (Å²) in [6, 6.07) is 6.18. The Labute approximate surface area is 136 Å². The zero-order chi connectivity index (χ0) is 16.3. The average molecular weight is 339 g/mol. The lowest BCUT2D eigenvalue weighted by atomic mass is 10.3. The van der Waals surface area contributed by atoms with Crippen LogP contribution in [0.5, 0.6) is 0 Å². The molecular weight excluding hydrogens is 327 g/mol. The largest absolute Gasteiger partial charge is 0.315 e. The van der Waals surface area contributed by atoms with Crippen LogP contribution in [-0.2, 0) is 9.59 Å². The fraction of sp³-hybridized carbons (Fsp3) is 0.143.